The molecule has 0 aliphatic rings. The van der Waals surface area contributed by atoms with Crippen LogP contribution < -0.4 is 0 Å². The summed E-state index contributed by atoms with van der Waals surface area (Å²) in [6.45, 7) is 8.17. The Hall–Kier alpha value is -1.42. The summed E-state index contributed by atoms with van der Waals surface area (Å²) in [5.41, 5.74) is 2.01. The van der Waals surface area contributed by atoms with Crippen LogP contribution in [0.15, 0.2) is 18.2 Å². The summed E-state index contributed by atoms with van der Waals surface area (Å²) in [7, 11) is 0. The maximum Gasteiger partial charge on any atom is 0.367 e. The van der Waals surface area contributed by atoms with Crippen molar-refractivity contribution in [2.24, 2.45) is 0 Å². The van der Waals surface area contributed by atoms with E-state index in [0.29, 0.717) is 11.6 Å². The number of nitrogens with zero attached hydrogens (tertiary/aromatic N) is 1. The number of rotatable bonds is 2. The molecule has 1 aromatic heterocycles. The largest absolute Gasteiger partial charge is 0.461 e. The highest BCUT2D eigenvalue weighted by Gasteiger charge is 2.12. The van der Waals surface area contributed by atoms with Gasteiger partial charge in [-0.2, -0.15) is 0 Å². The average molecular weight is 251 g/mol. The molecule has 4 heteroatoms. The molecular weight excluding hydrogens is 234 g/mol. The van der Waals surface area contributed by atoms with E-state index in [1.807, 2.05) is 39.0 Å². The molecule has 0 amide bonds. The van der Waals surface area contributed by atoms with Crippen LogP contribution in [0.1, 0.15) is 36.1 Å². The van der Waals surface area contributed by atoms with Crippen molar-refractivity contribution in [1.29, 1.82) is 0 Å². The van der Waals surface area contributed by atoms with E-state index in [1.54, 1.807) is 6.92 Å². The van der Waals surface area contributed by atoms with Gasteiger partial charge in [-0.1, -0.05) is 19.9 Å². The molecule has 0 fully saturated rings. The van der Waals surface area contributed by atoms with Crippen molar-refractivity contribution in [3.63, 3.8) is 0 Å². The Morgan fingerprint density at radius 1 is 1.41 bits per heavy atom. The SMILES string of the molecule is CC.CCOC(=O)c1nc2cc(C)ccc2s1. The number of fused-ring (bicyclic) bond motifs is 1. The molecule has 0 saturated heterocycles. The predicted octanol–water partition coefficient (Wildman–Crippen LogP) is 3.81. The van der Waals surface area contributed by atoms with E-state index < -0.39 is 0 Å². The molecule has 0 unspecified atom stereocenters. The maximum absolute atomic E-state index is 11.4. The van der Waals surface area contributed by atoms with Crippen LogP contribution in [0.4, 0.5) is 0 Å². The molecule has 92 valence electrons. The third-order valence-corrected chi connectivity index (χ3v) is 3.01. The van der Waals surface area contributed by atoms with E-state index in [0.717, 1.165) is 15.8 Å². The van der Waals surface area contributed by atoms with Crippen LogP contribution in [-0.4, -0.2) is 17.6 Å². The number of hydrogen-bond donors (Lipinski definition) is 0. The molecule has 1 aromatic carbocycles. The highest BCUT2D eigenvalue weighted by Crippen LogP contribution is 2.23. The Bertz CT molecular complexity index is 505. The molecule has 0 bridgehead atoms. The van der Waals surface area contributed by atoms with Gasteiger partial charge in [0.25, 0.3) is 0 Å². The van der Waals surface area contributed by atoms with Crippen molar-refractivity contribution in [2.45, 2.75) is 27.7 Å². The third kappa shape index (κ3) is 3.27. The average Bonchev–Trinajstić information content (AvgIpc) is 2.75. The molecule has 0 saturated carbocycles. The van der Waals surface area contributed by atoms with Crippen molar-refractivity contribution in [3.8, 4) is 0 Å². The second kappa shape index (κ2) is 6.35. The number of carbonyl (C=O) groups excluding carboxylic acids is 1. The molecule has 3 nitrogen and oxygen atoms in total. The molecule has 17 heavy (non-hydrogen) atoms. The fourth-order valence-electron chi connectivity index (χ4n) is 1.32. The van der Waals surface area contributed by atoms with Crippen molar-refractivity contribution >= 4 is 27.5 Å². The zero-order valence-corrected chi connectivity index (χ0v) is 11.4. The lowest BCUT2D eigenvalue weighted by atomic mass is 10.2. The van der Waals surface area contributed by atoms with Gasteiger partial charge in [-0.25, -0.2) is 9.78 Å². The zero-order valence-electron chi connectivity index (χ0n) is 10.6. The van der Waals surface area contributed by atoms with Crippen LogP contribution in [-0.2, 0) is 4.74 Å². The minimum atomic E-state index is -0.337. The van der Waals surface area contributed by atoms with E-state index in [9.17, 15) is 4.79 Å². The predicted molar refractivity (Wildman–Crippen MR) is 71.7 cm³/mol. The number of hydrogen-bond acceptors (Lipinski definition) is 4. The number of esters is 1. The highest BCUT2D eigenvalue weighted by molar-refractivity contribution is 7.20. The first kappa shape index (κ1) is 13.6. The van der Waals surface area contributed by atoms with Crippen LogP contribution in [0.2, 0.25) is 0 Å². The van der Waals surface area contributed by atoms with E-state index >= 15 is 0 Å². The van der Waals surface area contributed by atoms with Crippen LogP contribution in [0.5, 0.6) is 0 Å². The second-order valence-corrected chi connectivity index (χ2v) is 4.24. The molecule has 2 rings (SSSR count). The molecular formula is C13H17NO2S. The fourth-order valence-corrected chi connectivity index (χ4v) is 2.16. The molecule has 0 aliphatic carbocycles. The molecule has 0 radical (unpaired) electrons. The molecule has 1 heterocycles. The third-order valence-electron chi connectivity index (χ3n) is 1.99. The quantitative estimate of drug-likeness (QED) is 0.762. The highest BCUT2D eigenvalue weighted by atomic mass is 32.1. The first-order valence-corrected chi connectivity index (χ1v) is 6.56. The van der Waals surface area contributed by atoms with Gasteiger partial charge in [-0.15, -0.1) is 11.3 Å². The van der Waals surface area contributed by atoms with Gasteiger partial charge in [0.1, 0.15) is 0 Å². The van der Waals surface area contributed by atoms with Crippen molar-refractivity contribution in [1.82, 2.24) is 4.98 Å². The van der Waals surface area contributed by atoms with Gasteiger partial charge < -0.3 is 4.74 Å². The zero-order chi connectivity index (χ0) is 12.8. The number of ether oxygens (including phenoxy) is 1. The summed E-state index contributed by atoms with van der Waals surface area (Å²) < 4.78 is 5.91. The maximum atomic E-state index is 11.4. The van der Waals surface area contributed by atoms with Gasteiger partial charge in [0.05, 0.1) is 16.8 Å². The minimum Gasteiger partial charge on any atom is -0.461 e. The second-order valence-electron chi connectivity index (χ2n) is 3.21. The fraction of sp³-hybridized carbons (Fsp3) is 0.385. The number of benzene rings is 1. The number of carbonyl (C=O) groups is 1. The molecule has 0 atom stereocenters. The van der Waals surface area contributed by atoms with Crippen molar-refractivity contribution in [2.75, 3.05) is 6.61 Å². The molecule has 2 aromatic rings. The van der Waals surface area contributed by atoms with Gasteiger partial charge in [-0.3, -0.25) is 0 Å². The first-order chi connectivity index (χ1) is 8.20. The Morgan fingerprint density at radius 3 is 2.76 bits per heavy atom. The minimum absolute atomic E-state index is 0.337. The normalized spacial score (nSPS) is 9.65. The van der Waals surface area contributed by atoms with E-state index in [1.165, 1.54) is 11.3 Å². The first-order valence-electron chi connectivity index (χ1n) is 5.75. The van der Waals surface area contributed by atoms with Crippen LogP contribution in [0.3, 0.4) is 0 Å². The van der Waals surface area contributed by atoms with Gasteiger partial charge in [0.15, 0.2) is 0 Å². The van der Waals surface area contributed by atoms with Gasteiger partial charge in [0, 0.05) is 0 Å². The number of aryl methyl sites for hydroxylation is 1. The topological polar surface area (TPSA) is 39.2 Å². The molecule has 0 N–H and O–H groups in total. The van der Waals surface area contributed by atoms with Gasteiger partial charge >= 0.3 is 5.97 Å². The summed E-state index contributed by atoms with van der Waals surface area (Å²) >= 11 is 1.37. The van der Waals surface area contributed by atoms with Crippen LogP contribution in [0, 0.1) is 6.92 Å². The summed E-state index contributed by atoms with van der Waals surface area (Å²) in [4.78, 5) is 15.7. The standard InChI is InChI=1S/C11H11NO2S.C2H6/c1-3-14-11(13)10-12-8-6-7(2)4-5-9(8)15-10;1-2/h4-6H,3H2,1-2H3;1-2H3. The lowest BCUT2D eigenvalue weighted by Crippen LogP contribution is -2.03. The molecule has 0 aliphatic heterocycles. The summed E-state index contributed by atoms with van der Waals surface area (Å²) in [6, 6.07) is 5.95. The Balaban J connectivity index is 0.000000686. The smallest absolute Gasteiger partial charge is 0.367 e. The van der Waals surface area contributed by atoms with Crippen LogP contribution in [0.25, 0.3) is 10.2 Å². The Kier molecular flexibility index (Phi) is 5.10. The van der Waals surface area contributed by atoms with E-state index in [4.69, 9.17) is 4.74 Å². The van der Waals surface area contributed by atoms with Crippen LogP contribution >= 0.6 is 11.3 Å². The van der Waals surface area contributed by atoms with Crippen molar-refractivity contribution < 1.29 is 9.53 Å². The van der Waals surface area contributed by atoms with E-state index in [2.05, 4.69) is 4.98 Å². The lowest BCUT2D eigenvalue weighted by Gasteiger charge is -1.94. The summed E-state index contributed by atoms with van der Waals surface area (Å²) in [5, 5.41) is 0.428. The van der Waals surface area contributed by atoms with Gasteiger partial charge in [0.2, 0.25) is 5.01 Å². The summed E-state index contributed by atoms with van der Waals surface area (Å²) in [6.07, 6.45) is 0. The number of aromatic nitrogens is 1. The Morgan fingerprint density at radius 2 is 2.12 bits per heavy atom. The summed E-state index contributed by atoms with van der Waals surface area (Å²) in [5.74, 6) is -0.337. The monoisotopic (exact) mass is 251 g/mol. The van der Waals surface area contributed by atoms with E-state index in [-0.39, 0.29) is 5.97 Å². The van der Waals surface area contributed by atoms with Crippen molar-refractivity contribution in [3.05, 3.63) is 28.8 Å². The molecule has 0 spiro atoms. The Labute approximate surface area is 105 Å². The van der Waals surface area contributed by atoms with Gasteiger partial charge in [-0.05, 0) is 31.5 Å². The lowest BCUT2D eigenvalue weighted by molar-refractivity contribution is 0.0526. The number of thiazole rings is 1.